The summed E-state index contributed by atoms with van der Waals surface area (Å²) in [6, 6.07) is 27.3. The zero-order valence-electron chi connectivity index (χ0n) is 17.0. The fourth-order valence-electron chi connectivity index (χ4n) is 3.37. The molecule has 0 saturated heterocycles. The molecule has 0 aliphatic heterocycles. The molecule has 0 saturated carbocycles. The Morgan fingerprint density at radius 2 is 1.65 bits per heavy atom. The highest BCUT2D eigenvalue weighted by molar-refractivity contribution is 5.94. The molecule has 0 aliphatic rings. The maximum absolute atomic E-state index is 12.4. The quantitative estimate of drug-likeness (QED) is 0.474. The highest BCUT2D eigenvalue weighted by Gasteiger charge is 2.07. The van der Waals surface area contributed by atoms with Crippen LogP contribution < -0.4 is 5.32 Å². The van der Waals surface area contributed by atoms with E-state index in [1.54, 1.807) is 18.3 Å². The van der Waals surface area contributed by atoms with Crippen LogP contribution >= 0.6 is 0 Å². The van der Waals surface area contributed by atoms with Crippen molar-refractivity contribution in [1.82, 2.24) is 15.3 Å². The van der Waals surface area contributed by atoms with Gasteiger partial charge >= 0.3 is 0 Å². The molecule has 2 N–H and O–H groups in total. The van der Waals surface area contributed by atoms with E-state index in [-0.39, 0.29) is 5.91 Å². The third-order valence-corrected chi connectivity index (χ3v) is 5.07. The SMILES string of the molecule is N#Cc1ccc(Cc2ncc(CCNC(=O)c3ccc(-c4ccccc4)cc3)[nH]2)cc1. The second-order valence-electron chi connectivity index (χ2n) is 7.29. The van der Waals surface area contributed by atoms with Gasteiger partial charge in [0.25, 0.3) is 5.91 Å². The predicted octanol–water partition coefficient (Wildman–Crippen LogP) is 4.51. The van der Waals surface area contributed by atoms with Gasteiger partial charge < -0.3 is 10.3 Å². The van der Waals surface area contributed by atoms with E-state index in [0.29, 0.717) is 30.5 Å². The molecule has 4 aromatic rings. The van der Waals surface area contributed by atoms with Gasteiger partial charge in [-0.3, -0.25) is 4.79 Å². The summed E-state index contributed by atoms with van der Waals surface area (Å²) in [4.78, 5) is 20.1. The first-order chi connectivity index (χ1) is 15.2. The van der Waals surface area contributed by atoms with E-state index in [1.165, 1.54) is 0 Å². The van der Waals surface area contributed by atoms with Crippen LogP contribution in [0.4, 0.5) is 0 Å². The largest absolute Gasteiger partial charge is 0.352 e. The van der Waals surface area contributed by atoms with Crippen LogP contribution in [0, 0.1) is 11.3 Å². The van der Waals surface area contributed by atoms with Gasteiger partial charge in [-0.25, -0.2) is 4.98 Å². The first kappa shape index (κ1) is 20.1. The normalized spacial score (nSPS) is 10.4. The standard InChI is InChI=1S/C26H22N4O/c27-17-20-8-6-19(7-9-20)16-25-29-18-24(30-25)14-15-28-26(31)23-12-10-22(11-13-23)21-4-2-1-3-5-21/h1-13,18H,14-16H2,(H,28,31)(H,29,30). The van der Waals surface area contributed by atoms with Crippen LogP contribution in [0.3, 0.4) is 0 Å². The molecule has 0 unspecified atom stereocenters. The van der Waals surface area contributed by atoms with Gasteiger partial charge in [0.2, 0.25) is 0 Å². The highest BCUT2D eigenvalue weighted by atomic mass is 16.1. The van der Waals surface area contributed by atoms with Crippen molar-refractivity contribution >= 4 is 5.91 Å². The van der Waals surface area contributed by atoms with Gasteiger partial charge in [-0.05, 0) is 41.0 Å². The lowest BCUT2D eigenvalue weighted by Gasteiger charge is -2.06. The molecule has 0 atom stereocenters. The number of aromatic nitrogens is 2. The number of benzene rings is 3. The van der Waals surface area contributed by atoms with Crippen LogP contribution in [0.2, 0.25) is 0 Å². The fraction of sp³-hybridized carbons (Fsp3) is 0.115. The van der Waals surface area contributed by atoms with Crippen molar-refractivity contribution in [2.24, 2.45) is 0 Å². The van der Waals surface area contributed by atoms with Crippen molar-refractivity contribution in [2.45, 2.75) is 12.8 Å². The molecule has 0 radical (unpaired) electrons. The topological polar surface area (TPSA) is 81.6 Å². The Hall–Kier alpha value is -4.17. The second kappa shape index (κ2) is 9.55. The zero-order chi connectivity index (χ0) is 21.5. The Labute approximate surface area is 181 Å². The Morgan fingerprint density at radius 1 is 0.935 bits per heavy atom. The average Bonchev–Trinajstić information content (AvgIpc) is 3.27. The van der Waals surface area contributed by atoms with E-state index in [9.17, 15) is 4.79 Å². The van der Waals surface area contributed by atoms with Crippen LogP contribution in [-0.4, -0.2) is 22.4 Å². The number of aromatic amines is 1. The monoisotopic (exact) mass is 406 g/mol. The molecule has 0 bridgehead atoms. The molecule has 152 valence electrons. The van der Waals surface area contributed by atoms with Gasteiger partial charge in [0.1, 0.15) is 5.82 Å². The van der Waals surface area contributed by atoms with Gasteiger partial charge in [-0.15, -0.1) is 0 Å². The summed E-state index contributed by atoms with van der Waals surface area (Å²) in [6.45, 7) is 0.526. The van der Waals surface area contributed by atoms with Gasteiger partial charge in [-0.2, -0.15) is 5.26 Å². The molecule has 0 spiro atoms. The molecule has 5 heteroatoms. The summed E-state index contributed by atoms with van der Waals surface area (Å²) in [7, 11) is 0. The van der Waals surface area contributed by atoms with Crippen molar-refractivity contribution < 1.29 is 4.79 Å². The Bertz CT molecular complexity index is 1190. The lowest BCUT2D eigenvalue weighted by molar-refractivity contribution is 0.0954. The maximum atomic E-state index is 12.4. The highest BCUT2D eigenvalue weighted by Crippen LogP contribution is 2.19. The second-order valence-corrected chi connectivity index (χ2v) is 7.29. The minimum Gasteiger partial charge on any atom is -0.352 e. The molecule has 31 heavy (non-hydrogen) atoms. The number of nitrogens with zero attached hydrogens (tertiary/aromatic N) is 2. The molecule has 3 aromatic carbocycles. The van der Waals surface area contributed by atoms with Crippen LogP contribution in [-0.2, 0) is 12.8 Å². The number of rotatable bonds is 7. The number of carbonyl (C=O) groups excluding carboxylic acids is 1. The van der Waals surface area contributed by atoms with Crippen molar-refractivity contribution in [3.63, 3.8) is 0 Å². The summed E-state index contributed by atoms with van der Waals surface area (Å²) in [5.41, 5.74) is 5.57. The summed E-state index contributed by atoms with van der Waals surface area (Å²) in [5.74, 6) is 0.777. The first-order valence-electron chi connectivity index (χ1n) is 10.2. The van der Waals surface area contributed by atoms with E-state index in [4.69, 9.17) is 5.26 Å². The minimum absolute atomic E-state index is 0.0862. The molecule has 5 nitrogen and oxygen atoms in total. The number of amides is 1. The number of nitriles is 1. The van der Waals surface area contributed by atoms with Gasteiger partial charge in [0, 0.05) is 36.8 Å². The molecule has 0 fully saturated rings. The number of hydrogen-bond donors (Lipinski definition) is 2. The predicted molar refractivity (Wildman–Crippen MR) is 120 cm³/mol. The maximum Gasteiger partial charge on any atom is 0.251 e. The Kier molecular flexibility index (Phi) is 6.20. The molecular weight excluding hydrogens is 384 g/mol. The summed E-state index contributed by atoms with van der Waals surface area (Å²) in [6.07, 6.45) is 3.15. The fourth-order valence-corrected chi connectivity index (χ4v) is 3.37. The van der Waals surface area contributed by atoms with Crippen LogP contribution in [0.25, 0.3) is 11.1 Å². The number of H-pyrrole nitrogens is 1. The molecule has 4 rings (SSSR count). The number of carbonyl (C=O) groups is 1. The van der Waals surface area contributed by atoms with Crippen molar-refractivity contribution in [3.05, 3.63) is 113 Å². The number of nitrogens with one attached hydrogen (secondary N) is 2. The van der Waals surface area contributed by atoms with Crippen LogP contribution in [0.15, 0.2) is 85.1 Å². The smallest absolute Gasteiger partial charge is 0.251 e. The lowest BCUT2D eigenvalue weighted by atomic mass is 10.0. The van der Waals surface area contributed by atoms with Gasteiger partial charge in [-0.1, -0.05) is 54.6 Å². The van der Waals surface area contributed by atoms with Gasteiger partial charge in [0.05, 0.1) is 11.6 Å². The molecular formula is C26H22N4O. The molecule has 1 amide bonds. The van der Waals surface area contributed by atoms with Crippen LogP contribution in [0.5, 0.6) is 0 Å². The lowest BCUT2D eigenvalue weighted by Crippen LogP contribution is -2.25. The van der Waals surface area contributed by atoms with E-state index in [1.807, 2.05) is 54.6 Å². The number of hydrogen-bond acceptors (Lipinski definition) is 3. The van der Waals surface area contributed by atoms with Crippen molar-refractivity contribution in [2.75, 3.05) is 6.54 Å². The van der Waals surface area contributed by atoms with E-state index >= 15 is 0 Å². The van der Waals surface area contributed by atoms with Crippen LogP contribution in [0.1, 0.15) is 33.0 Å². The first-order valence-corrected chi connectivity index (χ1v) is 10.2. The summed E-state index contributed by atoms with van der Waals surface area (Å²) < 4.78 is 0. The third kappa shape index (κ3) is 5.26. The zero-order valence-corrected chi connectivity index (χ0v) is 17.0. The average molecular weight is 406 g/mol. The van der Waals surface area contributed by atoms with E-state index in [0.717, 1.165) is 28.2 Å². The Balaban J connectivity index is 1.27. The van der Waals surface area contributed by atoms with Gasteiger partial charge in [0.15, 0.2) is 0 Å². The third-order valence-electron chi connectivity index (χ3n) is 5.07. The molecule has 1 heterocycles. The van der Waals surface area contributed by atoms with E-state index < -0.39 is 0 Å². The van der Waals surface area contributed by atoms with Crippen molar-refractivity contribution in [1.29, 1.82) is 5.26 Å². The summed E-state index contributed by atoms with van der Waals surface area (Å²) >= 11 is 0. The van der Waals surface area contributed by atoms with Crippen molar-refractivity contribution in [3.8, 4) is 17.2 Å². The molecule has 1 aromatic heterocycles. The molecule has 0 aliphatic carbocycles. The summed E-state index contributed by atoms with van der Waals surface area (Å²) in [5, 5.41) is 11.8. The minimum atomic E-state index is -0.0862. The number of imidazole rings is 1. The Morgan fingerprint density at radius 3 is 2.35 bits per heavy atom. The van der Waals surface area contributed by atoms with E-state index in [2.05, 4.69) is 33.5 Å².